The van der Waals surface area contributed by atoms with Crippen molar-refractivity contribution < 1.29 is 10.0 Å². The molecule has 1 aromatic rings. The standard InChI is InChI=1S/C16H27BO2/c1-15(2,3)10-12-7-13(11-16(4,5)6)9-14(8-12)17(18)19/h7-9,18-19H,10-11H2,1-6H3. The van der Waals surface area contributed by atoms with E-state index in [0.717, 1.165) is 12.8 Å². The summed E-state index contributed by atoms with van der Waals surface area (Å²) in [6.45, 7) is 13.2. The number of hydrogen-bond acceptors (Lipinski definition) is 2. The summed E-state index contributed by atoms with van der Waals surface area (Å²) in [4.78, 5) is 0. The lowest BCUT2D eigenvalue weighted by Crippen LogP contribution is -2.31. The van der Waals surface area contributed by atoms with Gasteiger partial charge in [0.05, 0.1) is 0 Å². The fourth-order valence-corrected chi connectivity index (χ4v) is 2.37. The normalized spacial score (nSPS) is 12.6. The lowest BCUT2D eigenvalue weighted by molar-refractivity contribution is 0.404. The molecule has 106 valence electrons. The van der Waals surface area contributed by atoms with Crippen LogP contribution in [-0.2, 0) is 12.8 Å². The van der Waals surface area contributed by atoms with Crippen molar-refractivity contribution in [2.24, 2.45) is 10.8 Å². The Labute approximate surface area is 118 Å². The van der Waals surface area contributed by atoms with E-state index in [4.69, 9.17) is 0 Å². The van der Waals surface area contributed by atoms with E-state index in [2.05, 4.69) is 47.6 Å². The van der Waals surface area contributed by atoms with Crippen LogP contribution >= 0.6 is 0 Å². The first-order chi connectivity index (χ1) is 8.46. The molecular formula is C16H27BO2. The molecule has 0 spiro atoms. The van der Waals surface area contributed by atoms with Crippen LogP contribution in [0.15, 0.2) is 18.2 Å². The van der Waals surface area contributed by atoms with Gasteiger partial charge in [-0.15, -0.1) is 0 Å². The summed E-state index contributed by atoms with van der Waals surface area (Å²) >= 11 is 0. The van der Waals surface area contributed by atoms with Crippen LogP contribution in [0.3, 0.4) is 0 Å². The summed E-state index contributed by atoms with van der Waals surface area (Å²) in [7, 11) is -1.39. The van der Waals surface area contributed by atoms with Crippen LogP contribution in [0.5, 0.6) is 0 Å². The van der Waals surface area contributed by atoms with Crippen molar-refractivity contribution in [1.29, 1.82) is 0 Å². The topological polar surface area (TPSA) is 40.5 Å². The average molecular weight is 262 g/mol. The SMILES string of the molecule is CC(C)(C)Cc1cc(CC(C)(C)C)cc(B(O)O)c1. The van der Waals surface area contributed by atoms with Crippen LogP contribution in [0, 0.1) is 10.8 Å². The molecule has 0 fully saturated rings. The third kappa shape index (κ3) is 6.26. The van der Waals surface area contributed by atoms with Crippen LogP contribution in [-0.4, -0.2) is 17.2 Å². The van der Waals surface area contributed by atoms with Crippen molar-refractivity contribution in [3.05, 3.63) is 29.3 Å². The summed E-state index contributed by atoms with van der Waals surface area (Å²) in [5.41, 5.74) is 3.34. The Bertz CT molecular complexity index is 391. The van der Waals surface area contributed by atoms with Gasteiger partial charge in [0.25, 0.3) is 0 Å². The molecule has 0 aliphatic heterocycles. The second-order valence-electron chi connectivity index (χ2n) is 7.93. The third-order valence-electron chi connectivity index (χ3n) is 2.84. The maximum atomic E-state index is 9.42. The summed E-state index contributed by atoms with van der Waals surface area (Å²) in [6, 6.07) is 6.01. The van der Waals surface area contributed by atoms with E-state index >= 15 is 0 Å². The minimum absolute atomic E-state index is 0.192. The Kier molecular flexibility index (Phi) is 4.86. The smallest absolute Gasteiger partial charge is 0.423 e. The molecule has 0 atom stereocenters. The molecule has 0 unspecified atom stereocenters. The first-order valence-electron chi connectivity index (χ1n) is 6.95. The molecule has 1 aromatic carbocycles. The largest absolute Gasteiger partial charge is 0.488 e. The Hall–Kier alpha value is -0.795. The Balaban J connectivity index is 3.11. The van der Waals surface area contributed by atoms with Gasteiger partial charge in [0, 0.05) is 0 Å². The first kappa shape index (κ1) is 16.3. The van der Waals surface area contributed by atoms with Crippen LogP contribution in [0.4, 0.5) is 0 Å². The molecule has 0 amide bonds. The monoisotopic (exact) mass is 262 g/mol. The highest BCUT2D eigenvalue weighted by Gasteiger charge is 2.19. The van der Waals surface area contributed by atoms with E-state index in [-0.39, 0.29) is 10.8 Å². The maximum Gasteiger partial charge on any atom is 0.488 e. The first-order valence-corrected chi connectivity index (χ1v) is 6.95. The lowest BCUT2D eigenvalue weighted by Gasteiger charge is -2.22. The molecular weight excluding hydrogens is 235 g/mol. The summed E-state index contributed by atoms with van der Waals surface area (Å²) in [5.74, 6) is 0. The molecule has 0 bridgehead atoms. The van der Waals surface area contributed by atoms with E-state index in [0.29, 0.717) is 5.46 Å². The lowest BCUT2D eigenvalue weighted by atomic mass is 9.75. The summed E-state index contributed by atoms with van der Waals surface area (Å²) < 4.78 is 0. The van der Waals surface area contributed by atoms with Crippen molar-refractivity contribution in [2.75, 3.05) is 0 Å². The number of hydrogen-bond donors (Lipinski definition) is 2. The number of benzene rings is 1. The second-order valence-corrected chi connectivity index (χ2v) is 7.93. The average Bonchev–Trinajstić information content (AvgIpc) is 2.10. The molecule has 0 aliphatic rings. The molecule has 0 aliphatic carbocycles. The van der Waals surface area contributed by atoms with Gasteiger partial charge in [-0.05, 0) is 40.3 Å². The second kappa shape index (κ2) is 5.68. The van der Waals surface area contributed by atoms with Gasteiger partial charge in [0.2, 0.25) is 0 Å². The molecule has 0 heterocycles. The van der Waals surface area contributed by atoms with Crippen molar-refractivity contribution in [3.63, 3.8) is 0 Å². The van der Waals surface area contributed by atoms with Crippen LogP contribution in [0.2, 0.25) is 0 Å². The highest BCUT2D eigenvalue weighted by Crippen LogP contribution is 2.24. The zero-order valence-electron chi connectivity index (χ0n) is 13.1. The minimum Gasteiger partial charge on any atom is -0.423 e. The predicted octanol–water partition coefficient (Wildman–Crippen LogP) is 2.54. The maximum absolute atomic E-state index is 9.42. The van der Waals surface area contributed by atoms with Gasteiger partial charge in [-0.25, -0.2) is 0 Å². The van der Waals surface area contributed by atoms with Gasteiger partial charge < -0.3 is 10.0 Å². The van der Waals surface area contributed by atoms with Crippen molar-refractivity contribution in [1.82, 2.24) is 0 Å². The van der Waals surface area contributed by atoms with Crippen LogP contribution in [0.1, 0.15) is 52.7 Å². The van der Waals surface area contributed by atoms with E-state index in [1.54, 1.807) is 0 Å². The van der Waals surface area contributed by atoms with Gasteiger partial charge in [-0.1, -0.05) is 59.7 Å². The zero-order valence-corrected chi connectivity index (χ0v) is 13.1. The molecule has 2 N–H and O–H groups in total. The van der Waals surface area contributed by atoms with Gasteiger partial charge in [-0.3, -0.25) is 0 Å². The van der Waals surface area contributed by atoms with Crippen LogP contribution in [0.25, 0.3) is 0 Å². The van der Waals surface area contributed by atoms with Gasteiger partial charge in [-0.2, -0.15) is 0 Å². The molecule has 0 radical (unpaired) electrons. The summed E-state index contributed by atoms with van der Waals surface area (Å²) in [5, 5.41) is 18.8. The van der Waals surface area contributed by atoms with E-state index in [1.165, 1.54) is 11.1 Å². The Morgan fingerprint density at radius 2 is 1.16 bits per heavy atom. The van der Waals surface area contributed by atoms with E-state index in [9.17, 15) is 10.0 Å². The fourth-order valence-electron chi connectivity index (χ4n) is 2.37. The molecule has 0 saturated carbocycles. The fraction of sp³-hybridized carbons (Fsp3) is 0.625. The van der Waals surface area contributed by atoms with Gasteiger partial charge in [0.1, 0.15) is 0 Å². The Morgan fingerprint density at radius 1 is 0.789 bits per heavy atom. The molecule has 19 heavy (non-hydrogen) atoms. The van der Waals surface area contributed by atoms with Crippen molar-refractivity contribution in [3.8, 4) is 0 Å². The third-order valence-corrected chi connectivity index (χ3v) is 2.84. The quantitative estimate of drug-likeness (QED) is 0.822. The highest BCUT2D eigenvalue weighted by atomic mass is 16.4. The molecule has 0 aromatic heterocycles. The number of rotatable bonds is 3. The van der Waals surface area contributed by atoms with Crippen molar-refractivity contribution in [2.45, 2.75) is 54.4 Å². The Morgan fingerprint density at radius 3 is 1.42 bits per heavy atom. The van der Waals surface area contributed by atoms with Crippen molar-refractivity contribution >= 4 is 12.6 Å². The zero-order chi connectivity index (χ0) is 14.8. The van der Waals surface area contributed by atoms with E-state index < -0.39 is 7.12 Å². The predicted molar refractivity (Wildman–Crippen MR) is 82.6 cm³/mol. The molecule has 1 rings (SSSR count). The van der Waals surface area contributed by atoms with E-state index in [1.807, 2.05) is 12.1 Å². The van der Waals surface area contributed by atoms with Gasteiger partial charge >= 0.3 is 7.12 Å². The van der Waals surface area contributed by atoms with Gasteiger partial charge in [0.15, 0.2) is 0 Å². The van der Waals surface area contributed by atoms with Crippen LogP contribution < -0.4 is 5.46 Å². The summed E-state index contributed by atoms with van der Waals surface area (Å²) in [6.07, 6.45) is 1.87. The molecule has 0 saturated heterocycles. The minimum atomic E-state index is -1.39. The highest BCUT2D eigenvalue weighted by molar-refractivity contribution is 6.58. The molecule has 3 heteroatoms. The molecule has 2 nitrogen and oxygen atoms in total.